The number of hydrogen-bond donors (Lipinski definition) is 2. The molecule has 1 rings (SSSR count). The van der Waals surface area contributed by atoms with Gasteiger partial charge in [0, 0.05) is 0 Å². The zero-order chi connectivity index (χ0) is 11.7. The van der Waals surface area contributed by atoms with Crippen LogP contribution in [0.15, 0.2) is 0 Å². The van der Waals surface area contributed by atoms with E-state index in [9.17, 15) is 4.79 Å². The highest BCUT2D eigenvalue weighted by atomic mass is 16.1. The molecule has 0 spiro atoms. The number of nitrogens with one attached hydrogen (secondary N) is 1. The third-order valence-corrected chi connectivity index (χ3v) is 3.83. The standard InChI is InChI=1S/C12H24N2O/c1-5-14-12(10(13)15)7-6-11(3,4)8-9(12)2/h9,14H,5-8H2,1-4H3,(H2,13,15). The molecule has 0 aromatic rings. The molecule has 1 saturated carbocycles. The number of likely N-dealkylation sites (N-methyl/N-ethyl adjacent to an activating group) is 1. The Morgan fingerprint density at radius 1 is 1.47 bits per heavy atom. The minimum absolute atomic E-state index is 0.188. The molecule has 1 fully saturated rings. The van der Waals surface area contributed by atoms with Crippen molar-refractivity contribution >= 4 is 5.91 Å². The normalized spacial score (nSPS) is 35.1. The minimum Gasteiger partial charge on any atom is -0.368 e. The molecule has 2 unspecified atom stereocenters. The van der Waals surface area contributed by atoms with E-state index < -0.39 is 5.54 Å². The van der Waals surface area contributed by atoms with Crippen molar-refractivity contribution in [2.75, 3.05) is 6.54 Å². The maximum absolute atomic E-state index is 11.6. The molecular formula is C12H24N2O. The van der Waals surface area contributed by atoms with E-state index in [-0.39, 0.29) is 5.91 Å². The summed E-state index contributed by atoms with van der Waals surface area (Å²) in [6.07, 6.45) is 2.99. The molecule has 2 atom stereocenters. The number of nitrogens with two attached hydrogens (primary N) is 1. The first kappa shape index (κ1) is 12.5. The van der Waals surface area contributed by atoms with Gasteiger partial charge in [0.1, 0.15) is 5.54 Å². The van der Waals surface area contributed by atoms with Crippen molar-refractivity contribution < 1.29 is 4.79 Å². The van der Waals surface area contributed by atoms with Crippen molar-refractivity contribution in [2.45, 2.75) is 52.5 Å². The smallest absolute Gasteiger partial charge is 0.238 e. The highest BCUT2D eigenvalue weighted by Crippen LogP contribution is 2.43. The van der Waals surface area contributed by atoms with Crippen molar-refractivity contribution in [3.8, 4) is 0 Å². The summed E-state index contributed by atoms with van der Waals surface area (Å²) in [5.74, 6) is 0.131. The van der Waals surface area contributed by atoms with Gasteiger partial charge in [-0.25, -0.2) is 0 Å². The molecule has 3 nitrogen and oxygen atoms in total. The average molecular weight is 212 g/mol. The van der Waals surface area contributed by atoms with Gasteiger partial charge in [0.25, 0.3) is 0 Å². The Bertz CT molecular complexity index is 250. The van der Waals surface area contributed by atoms with Crippen LogP contribution in [0, 0.1) is 11.3 Å². The van der Waals surface area contributed by atoms with Crippen LogP contribution in [0.2, 0.25) is 0 Å². The Kier molecular flexibility index (Phi) is 3.44. The fraction of sp³-hybridized carbons (Fsp3) is 0.917. The second kappa shape index (κ2) is 4.12. The van der Waals surface area contributed by atoms with Crippen molar-refractivity contribution in [3.63, 3.8) is 0 Å². The fourth-order valence-electron chi connectivity index (χ4n) is 2.92. The van der Waals surface area contributed by atoms with Gasteiger partial charge in [0.05, 0.1) is 0 Å². The van der Waals surface area contributed by atoms with Gasteiger partial charge >= 0.3 is 0 Å². The van der Waals surface area contributed by atoms with E-state index >= 15 is 0 Å². The van der Waals surface area contributed by atoms with E-state index in [1.54, 1.807) is 0 Å². The van der Waals surface area contributed by atoms with E-state index in [1.165, 1.54) is 0 Å². The van der Waals surface area contributed by atoms with Crippen LogP contribution in [0.1, 0.15) is 47.0 Å². The average Bonchev–Trinajstić information content (AvgIpc) is 2.09. The van der Waals surface area contributed by atoms with E-state index in [0.717, 1.165) is 25.8 Å². The van der Waals surface area contributed by atoms with Crippen LogP contribution < -0.4 is 11.1 Å². The lowest BCUT2D eigenvalue weighted by molar-refractivity contribution is -0.129. The van der Waals surface area contributed by atoms with Gasteiger partial charge in [-0.2, -0.15) is 0 Å². The van der Waals surface area contributed by atoms with Gasteiger partial charge in [-0.05, 0) is 37.1 Å². The summed E-state index contributed by atoms with van der Waals surface area (Å²) >= 11 is 0. The highest BCUT2D eigenvalue weighted by Gasteiger charge is 2.47. The maximum atomic E-state index is 11.6. The molecule has 0 aromatic heterocycles. The van der Waals surface area contributed by atoms with Crippen molar-refractivity contribution in [3.05, 3.63) is 0 Å². The Balaban J connectivity index is 2.87. The SMILES string of the molecule is CCNC1(C(N)=O)CCC(C)(C)CC1C. The van der Waals surface area contributed by atoms with Gasteiger partial charge in [0.2, 0.25) is 5.91 Å². The topological polar surface area (TPSA) is 55.1 Å². The molecule has 3 N–H and O–H groups in total. The summed E-state index contributed by atoms with van der Waals surface area (Å²) in [6.45, 7) is 9.49. The molecule has 15 heavy (non-hydrogen) atoms. The van der Waals surface area contributed by atoms with Crippen LogP contribution in [-0.2, 0) is 4.79 Å². The number of hydrogen-bond acceptors (Lipinski definition) is 2. The second-order valence-corrected chi connectivity index (χ2v) is 5.64. The summed E-state index contributed by atoms with van der Waals surface area (Å²) in [6, 6.07) is 0. The van der Waals surface area contributed by atoms with E-state index in [1.807, 2.05) is 6.92 Å². The Morgan fingerprint density at radius 2 is 2.07 bits per heavy atom. The van der Waals surface area contributed by atoms with E-state index in [2.05, 4.69) is 26.1 Å². The zero-order valence-electron chi connectivity index (χ0n) is 10.4. The van der Waals surface area contributed by atoms with Crippen molar-refractivity contribution in [2.24, 2.45) is 17.1 Å². The van der Waals surface area contributed by atoms with E-state index in [4.69, 9.17) is 5.73 Å². The van der Waals surface area contributed by atoms with Crippen LogP contribution in [-0.4, -0.2) is 18.0 Å². The Hall–Kier alpha value is -0.570. The molecule has 88 valence electrons. The van der Waals surface area contributed by atoms with Crippen molar-refractivity contribution in [1.29, 1.82) is 0 Å². The largest absolute Gasteiger partial charge is 0.368 e. The van der Waals surface area contributed by atoms with Gasteiger partial charge < -0.3 is 11.1 Å². The molecule has 3 heteroatoms. The predicted octanol–water partition coefficient (Wildman–Crippen LogP) is 1.67. The predicted molar refractivity (Wildman–Crippen MR) is 62.4 cm³/mol. The van der Waals surface area contributed by atoms with Crippen LogP contribution >= 0.6 is 0 Å². The first-order valence-corrected chi connectivity index (χ1v) is 5.89. The quantitative estimate of drug-likeness (QED) is 0.747. The molecule has 0 aromatic carbocycles. The molecule has 0 aliphatic heterocycles. The summed E-state index contributed by atoms with van der Waals surface area (Å²) in [5, 5.41) is 3.31. The van der Waals surface area contributed by atoms with Crippen LogP contribution in [0.5, 0.6) is 0 Å². The Labute approximate surface area is 92.8 Å². The van der Waals surface area contributed by atoms with Gasteiger partial charge in [-0.15, -0.1) is 0 Å². The second-order valence-electron chi connectivity index (χ2n) is 5.64. The van der Waals surface area contributed by atoms with Gasteiger partial charge in [0.15, 0.2) is 0 Å². The van der Waals surface area contributed by atoms with Crippen LogP contribution in [0.4, 0.5) is 0 Å². The summed E-state index contributed by atoms with van der Waals surface area (Å²) in [7, 11) is 0. The number of carbonyl (C=O) groups is 1. The number of rotatable bonds is 3. The number of amides is 1. The molecule has 1 aliphatic rings. The van der Waals surface area contributed by atoms with Gasteiger partial charge in [-0.1, -0.05) is 27.7 Å². The third-order valence-electron chi connectivity index (χ3n) is 3.83. The molecule has 1 amide bonds. The lowest BCUT2D eigenvalue weighted by Crippen LogP contribution is -2.62. The van der Waals surface area contributed by atoms with Gasteiger partial charge in [-0.3, -0.25) is 4.79 Å². The molecule has 0 radical (unpaired) electrons. The lowest BCUT2D eigenvalue weighted by atomic mass is 9.63. The van der Waals surface area contributed by atoms with Crippen LogP contribution in [0.25, 0.3) is 0 Å². The highest BCUT2D eigenvalue weighted by molar-refractivity contribution is 5.85. The maximum Gasteiger partial charge on any atom is 0.238 e. The Morgan fingerprint density at radius 3 is 2.47 bits per heavy atom. The lowest BCUT2D eigenvalue weighted by Gasteiger charge is -2.46. The summed E-state index contributed by atoms with van der Waals surface area (Å²) < 4.78 is 0. The summed E-state index contributed by atoms with van der Waals surface area (Å²) in [5.41, 5.74) is 5.44. The number of primary amides is 1. The first-order valence-electron chi connectivity index (χ1n) is 5.89. The minimum atomic E-state index is -0.468. The molecule has 0 heterocycles. The first-order chi connectivity index (χ1) is 6.84. The zero-order valence-corrected chi connectivity index (χ0v) is 10.4. The number of carbonyl (C=O) groups excluding carboxylic acids is 1. The van der Waals surface area contributed by atoms with Crippen molar-refractivity contribution in [1.82, 2.24) is 5.32 Å². The third kappa shape index (κ3) is 2.33. The van der Waals surface area contributed by atoms with Crippen LogP contribution in [0.3, 0.4) is 0 Å². The summed E-state index contributed by atoms with van der Waals surface area (Å²) in [4.78, 5) is 11.6. The molecule has 0 saturated heterocycles. The molecule has 1 aliphatic carbocycles. The fourth-order valence-corrected chi connectivity index (χ4v) is 2.92. The molecular weight excluding hydrogens is 188 g/mol. The monoisotopic (exact) mass is 212 g/mol. The molecule has 0 bridgehead atoms. The van der Waals surface area contributed by atoms with E-state index in [0.29, 0.717) is 11.3 Å².